The molecule has 0 aliphatic carbocycles. The van der Waals surface area contributed by atoms with Crippen molar-refractivity contribution in [3.8, 4) is 5.75 Å². The van der Waals surface area contributed by atoms with Gasteiger partial charge in [-0.25, -0.2) is 4.79 Å². The first-order valence-corrected chi connectivity index (χ1v) is 5.32. The van der Waals surface area contributed by atoms with Crippen LogP contribution in [0.25, 0.3) is 10.1 Å². The number of fused-ring (bicyclic) bond motifs is 1. The molecule has 0 bridgehead atoms. The second-order valence-corrected chi connectivity index (χ2v) is 4.37. The number of carbonyl (C=O) groups is 1. The van der Waals surface area contributed by atoms with Crippen LogP contribution in [0.1, 0.15) is 9.67 Å². The van der Waals surface area contributed by atoms with Crippen LogP contribution in [0.15, 0.2) is 18.2 Å². The molecule has 1 heterocycles. The number of carboxylic acid groups (broad SMARTS) is 1. The number of benzene rings is 1. The van der Waals surface area contributed by atoms with Crippen molar-refractivity contribution < 1.29 is 14.6 Å². The summed E-state index contributed by atoms with van der Waals surface area (Å²) in [7, 11) is 1.51. The molecule has 0 spiro atoms. The van der Waals surface area contributed by atoms with E-state index in [0.29, 0.717) is 10.8 Å². The summed E-state index contributed by atoms with van der Waals surface area (Å²) in [6.45, 7) is 0. The molecule has 2 rings (SSSR count). The fourth-order valence-electron chi connectivity index (χ4n) is 1.35. The average molecular weight is 243 g/mol. The molecule has 1 aromatic heterocycles. The Bertz CT molecular complexity index is 533. The molecule has 0 saturated carbocycles. The highest BCUT2D eigenvalue weighted by atomic mass is 35.5. The van der Waals surface area contributed by atoms with Gasteiger partial charge in [0.2, 0.25) is 0 Å². The predicted octanol–water partition coefficient (Wildman–Crippen LogP) is 3.26. The van der Waals surface area contributed by atoms with E-state index in [1.54, 1.807) is 18.2 Å². The third-order valence-corrected chi connectivity index (χ3v) is 3.44. The number of rotatable bonds is 2. The van der Waals surface area contributed by atoms with Crippen LogP contribution in [0, 0.1) is 0 Å². The first-order chi connectivity index (χ1) is 7.13. The van der Waals surface area contributed by atoms with Crippen molar-refractivity contribution in [1.82, 2.24) is 0 Å². The van der Waals surface area contributed by atoms with Gasteiger partial charge in [0, 0.05) is 0 Å². The smallest absolute Gasteiger partial charge is 0.345 e. The molecule has 15 heavy (non-hydrogen) atoms. The molecule has 0 aliphatic rings. The van der Waals surface area contributed by atoms with Gasteiger partial charge in [0.1, 0.15) is 4.88 Å². The Labute approximate surface area is 94.9 Å². The molecule has 1 N–H and O–H groups in total. The number of hydrogen-bond acceptors (Lipinski definition) is 3. The lowest BCUT2D eigenvalue weighted by molar-refractivity contribution is 0.0702. The van der Waals surface area contributed by atoms with Gasteiger partial charge in [0.05, 0.1) is 16.8 Å². The first-order valence-electron chi connectivity index (χ1n) is 4.13. The standard InChI is InChI=1S/C10H7ClO3S/c1-14-8-6(11)3-2-5-4-7(10(12)13)15-9(5)8/h2-4H,1H3,(H,12,13). The van der Waals surface area contributed by atoms with Crippen molar-refractivity contribution in [2.45, 2.75) is 0 Å². The van der Waals surface area contributed by atoms with Crippen LogP contribution >= 0.6 is 22.9 Å². The molecule has 78 valence electrons. The van der Waals surface area contributed by atoms with Crippen LogP contribution < -0.4 is 4.74 Å². The van der Waals surface area contributed by atoms with E-state index in [1.807, 2.05) is 0 Å². The van der Waals surface area contributed by atoms with Crippen molar-refractivity contribution in [3.63, 3.8) is 0 Å². The zero-order valence-corrected chi connectivity index (χ0v) is 9.35. The lowest BCUT2D eigenvalue weighted by atomic mass is 10.2. The number of thiophene rings is 1. The fourth-order valence-corrected chi connectivity index (χ4v) is 2.66. The zero-order valence-electron chi connectivity index (χ0n) is 7.78. The van der Waals surface area contributed by atoms with Crippen molar-refractivity contribution >= 4 is 39.0 Å². The number of halogens is 1. The van der Waals surface area contributed by atoms with Crippen LogP contribution in [0.3, 0.4) is 0 Å². The van der Waals surface area contributed by atoms with Crippen molar-refractivity contribution in [2.75, 3.05) is 7.11 Å². The third kappa shape index (κ3) is 1.66. The van der Waals surface area contributed by atoms with Gasteiger partial charge in [0.15, 0.2) is 5.75 Å². The Balaban J connectivity index is 2.75. The Morgan fingerprint density at radius 1 is 1.53 bits per heavy atom. The quantitative estimate of drug-likeness (QED) is 0.879. The van der Waals surface area contributed by atoms with Crippen molar-refractivity contribution in [3.05, 3.63) is 28.1 Å². The highest BCUT2D eigenvalue weighted by molar-refractivity contribution is 7.21. The Kier molecular flexibility index (Phi) is 2.54. The molecule has 2 aromatic rings. The molecule has 0 aliphatic heterocycles. The van der Waals surface area contributed by atoms with Gasteiger partial charge in [-0.1, -0.05) is 17.7 Å². The van der Waals surface area contributed by atoms with Gasteiger partial charge in [-0.3, -0.25) is 0 Å². The van der Waals surface area contributed by atoms with Crippen LogP contribution in [0.5, 0.6) is 5.75 Å². The van der Waals surface area contributed by atoms with Gasteiger partial charge < -0.3 is 9.84 Å². The van der Waals surface area contributed by atoms with Crippen molar-refractivity contribution in [2.24, 2.45) is 0 Å². The summed E-state index contributed by atoms with van der Waals surface area (Å²) >= 11 is 7.09. The predicted molar refractivity (Wildman–Crippen MR) is 60.3 cm³/mol. The minimum atomic E-state index is -0.936. The zero-order chi connectivity index (χ0) is 11.0. The Morgan fingerprint density at radius 2 is 2.27 bits per heavy atom. The van der Waals surface area contributed by atoms with E-state index in [-0.39, 0.29) is 4.88 Å². The average Bonchev–Trinajstić information content (AvgIpc) is 2.61. The maximum atomic E-state index is 10.8. The van der Waals surface area contributed by atoms with Crippen LogP contribution in [0.4, 0.5) is 0 Å². The molecule has 1 aromatic carbocycles. The largest absolute Gasteiger partial charge is 0.494 e. The maximum absolute atomic E-state index is 10.8. The van der Waals surface area contributed by atoms with E-state index in [1.165, 1.54) is 7.11 Å². The molecule has 0 amide bonds. The summed E-state index contributed by atoms with van der Waals surface area (Å²) in [6, 6.07) is 5.09. The minimum absolute atomic E-state index is 0.283. The van der Waals surface area contributed by atoms with E-state index in [4.69, 9.17) is 21.4 Å². The SMILES string of the molecule is COc1c(Cl)ccc2cc(C(=O)O)sc12. The van der Waals surface area contributed by atoms with Crippen LogP contribution in [-0.4, -0.2) is 18.2 Å². The number of aromatic carboxylic acids is 1. The molecule has 0 atom stereocenters. The van der Waals surface area contributed by atoms with Crippen LogP contribution in [0.2, 0.25) is 5.02 Å². The second kappa shape index (κ2) is 3.72. The summed E-state index contributed by atoms with van der Waals surface area (Å²) < 4.78 is 5.90. The summed E-state index contributed by atoms with van der Waals surface area (Å²) in [5.41, 5.74) is 0. The molecule has 0 radical (unpaired) electrons. The monoisotopic (exact) mass is 242 g/mol. The molecular formula is C10H7ClO3S. The summed E-state index contributed by atoms with van der Waals surface area (Å²) in [5, 5.41) is 10.2. The van der Waals surface area contributed by atoms with Gasteiger partial charge in [-0.05, 0) is 17.5 Å². The van der Waals surface area contributed by atoms with E-state index in [0.717, 1.165) is 21.4 Å². The fraction of sp³-hybridized carbons (Fsp3) is 0.100. The lowest BCUT2D eigenvalue weighted by Gasteiger charge is -2.02. The molecular weight excluding hydrogens is 236 g/mol. The Morgan fingerprint density at radius 3 is 2.87 bits per heavy atom. The maximum Gasteiger partial charge on any atom is 0.345 e. The van der Waals surface area contributed by atoms with Gasteiger partial charge in [-0.2, -0.15) is 0 Å². The lowest BCUT2D eigenvalue weighted by Crippen LogP contribution is -1.89. The normalized spacial score (nSPS) is 10.5. The molecule has 0 unspecified atom stereocenters. The highest BCUT2D eigenvalue weighted by Gasteiger charge is 2.13. The number of ether oxygens (including phenoxy) is 1. The number of hydrogen-bond donors (Lipinski definition) is 1. The van der Waals surface area contributed by atoms with E-state index in [9.17, 15) is 4.79 Å². The molecule has 0 saturated heterocycles. The summed E-state index contributed by atoms with van der Waals surface area (Å²) in [4.78, 5) is 11.1. The Hall–Kier alpha value is -1.26. The minimum Gasteiger partial charge on any atom is -0.494 e. The van der Waals surface area contributed by atoms with E-state index in [2.05, 4.69) is 0 Å². The third-order valence-electron chi connectivity index (χ3n) is 2.01. The highest BCUT2D eigenvalue weighted by Crippen LogP contribution is 2.38. The van der Waals surface area contributed by atoms with E-state index < -0.39 is 5.97 Å². The molecule has 5 heteroatoms. The molecule has 3 nitrogen and oxygen atoms in total. The summed E-state index contributed by atoms with van der Waals surface area (Å²) in [5.74, 6) is -0.402. The number of carboxylic acids is 1. The van der Waals surface area contributed by atoms with Gasteiger partial charge in [0.25, 0.3) is 0 Å². The van der Waals surface area contributed by atoms with Gasteiger partial charge in [-0.15, -0.1) is 11.3 Å². The topological polar surface area (TPSA) is 46.5 Å². The number of methoxy groups -OCH3 is 1. The van der Waals surface area contributed by atoms with E-state index >= 15 is 0 Å². The molecule has 0 fully saturated rings. The van der Waals surface area contributed by atoms with Crippen molar-refractivity contribution in [1.29, 1.82) is 0 Å². The van der Waals surface area contributed by atoms with Crippen LogP contribution in [-0.2, 0) is 0 Å². The van der Waals surface area contributed by atoms with Gasteiger partial charge >= 0.3 is 5.97 Å². The second-order valence-electron chi connectivity index (χ2n) is 2.91. The first kappa shape index (κ1) is 10.3. The summed E-state index contributed by atoms with van der Waals surface area (Å²) in [6.07, 6.45) is 0.